The smallest absolute Gasteiger partial charge is 0.311 e. The first-order valence-electron chi connectivity index (χ1n) is 7.11. The number of anilines is 1. The highest BCUT2D eigenvalue weighted by Crippen LogP contribution is 2.35. The molecule has 1 aliphatic carbocycles. The summed E-state index contributed by atoms with van der Waals surface area (Å²) in [5.74, 6) is -0.126. The molecular weight excluding hydrogens is 281 g/mol. The molecule has 0 aromatic heterocycles. The van der Waals surface area contributed by atoms with Crippen molar-refractivity contribution in [2.24, 2.45) is 0 Å². The molecule has 0 spiro atoms. The van der Waals surface area contributed by atoms with Crippen LogP contribution < -0.4 is 10.2 Å². The molecule has 1 aromatic carbocycles. The highest BCUT2D eigenvalue weighted by Gasteiger charge is 2.38. The third-order valence-corrected chi connectivity index (χ3v) is 4.06. The topological polar surface area (TPSA) is 32.3 Å². The van der Waals surface area contributed by atoms with Gasteiger partial charge < -0.3 is 10.2 Å². The van der Waals surface area contributed by atoms with Crippen LogP contribution in [0.25, 0.3) is 0 Å². The van der Waals surface area contributed by atoms with Gasteiger partial charge in [-0.3, -0.25) is 4.79 Å². The number of carbonyl (C=O) groups excluding carboxylic acids is 1. The summed E-state index contributed by atoms with van der Waals surface area (Å²) in [7, 11) is 0. The summed E-state index contributed by atoms with van der Waals surface area (Å²) in [5.41, 5.74) is -0.171. The number of amides is 1. The lowest BCUT2D eigenvalue weighted by Gasteiger charge is -2.20. The van der Waals surface area contributed by atoms with Crippen LogP contribution in [0.2, 0.25) is 0 Å². The monoisotopic (exact) mass is 298 g/mol. The van der Waals surface area contributed by atoms with Gasteiger partial charge in [0.15, 0.2) is 0 Å². The van der Waals surface area contributed by atoms with E-state index in [0.717, 1.165) is 18.9 Å². The van der Waals surface area contributed by atoms with Crippen LogP contribution in [0.4, 0.5) is 18.9 Å². The molecule has 2 fully saturated rings. The maximum atomic E-state index is 13.0. The third kappa shape index (κ3) is 2.90. The van der Waals surface area contributed by atoms with E-state index in [0.29, 0.717) is 24.7 Å². The normalized spacial score (nSPS) is 23.0. The fraction of sp³-hybridized carbons (Fsp3) is 0.533. The standard InChI is InChI=1S/C15H17F3N2O/c1-9-2-5-11(8-12(9)15(16,17)18)20-7-6-13(14(20)21)19-10-3-4-10/h2,5,8,10,13,19H,3-4,6-7H2,1H3. The van der Waals surface area contributed by atoms with Crippen molar-refractivity contribution in [3.8, 4) is 0 Å². The molecule has 1 saturated heterocycles. The summed E-state index contributed by atoms with van der Waals surface area (Å²) in [5, 5.41) is 3.25. The number of nitrogens with one attached hydrogen (secondary N) is 1. The molecule has 2 aliphatic rings. The van der Waals surface area contributed by atoms with Gasteiger partial charge in [0.25, 0.3) is 0 Å². The van der Waals surface area contributed by atoms with Gasteiger partial charge in [0.05, 0.1) is 11.6 Å². The van der Waals surface area contributed by atoms with E-state index in [1.807, 2.05) is 0 Å². The number of hydrogen-bond donors (Lipinski definition) is 1. The van der Waals surface area contributed by atoms with Crippen molar-refractivity contribution >= 4 is 11.6 Å². The van der Waals surface area contributed by atoms with E-state index in [-0.39, 0.29) is 17.5 Å². The summed E-state index contributed by atoms with van der Waals surface area (Å²) in [6, 6.07) is 4.23. The minimum absolute atomic E-state index is 0.126. The fourth-order valence-electron chi connectivity index (χ4n) is 2.71. The number of carbonyl (C=O) groups is 1. The Labute approximate surface area is 121 Å². The lowest BCUT2D eigenvalue weighted by Crippen LogP contribution is -2.39. The number of nitrogens with zero attached hydrogens (tertiary/aromatic N) is 1. The van der Waals surface area contributed by atoms with E-state index in [2.05, 4.69) is 5.32 Å². The molecule has 1 saturated carbocycles. The minimum atomic E-state index is -4.39. The van der Waals surface area contributed by atoms with Gasteiger partial charge in [0, 0.05) is 18.3 Å². The Morgan fingerprint density at radius 2 is 1.95 bits per heavy atom. The third-order valence-electron chi connectivity index (χ3n) is 4.06. The molecule has 1 N–H and O–H groups in total. The number of halogens is 3. The second kappa shape index (κ2) is 5.02. The maximum absolute atomic E-state index is 13.0. The van der Waals surface area contributed by atoms with E-state index in [1.165, 1.54) is 17.9 Å². The molecule has 1 heterocycles. The van der Waals surface area contributed by atoms with Crippen LogP contribution in [-0.2, 0) is 11.0 Å². The molecule has 1 unspecified atom stereocenters. The Bertz CT molecular complexity index is 567. The Balaban J connectivity index is 1.82. The van der Waals surface area contributed by atoms with Crippen molar-refractivity contribution in [1.29, 1.82) is 0 Å². The zero-order chi connectivity index (χ0) is 15.2. The quantitative estimate of drug-likeness (QED) is 0.930. The van der Waals surface area contributed by atoms with E-state index >= 15 is 0 Å². The largest absolute Gasteiger partial charge is 0.416 e. The second-order valence-corrected chi connectivity index (χ2v) is 5.77. The molecule has 3 nitrogen and oxygen atoms in total. The van der Waals surface area contributed by atoms with E-state index in [1.54, 1.807) is 6.07 Å². The van der Waals surface area contributed by atoms with Crippen LogP contribution in [0.3, 0.4) is 0 Å². The lowest BCUT2D eigenvalue weighted by atomic mass is 10.1. The molecule has 1 aliphatic heterocycles. The molecule has 1 atom stereocenters. The van der Waals surface area contributed by atoms with Gasteiger partial charge in [-0.25, -0.2) is 0 Å². The fourth-order valence-corrected chi connectivity index (χ4v) is 2.71. The predicted octanol–water partition coefficient (Wildman–Crippen LogP) is 2.87. The van der Waals surface area contributed by atoms with E-state index in [4.69, 9.17) is 0 Å². The van der Waals surface area contributed by atoms with Gasteiger partial charge in [0.2, 0.25) is 5.91 Å². The highest BCUT2D eigenvalue weighted by molar-refractivity contribution is 5.99. The van der Waals surface area contributed by atoms with Crippen molar-refractivity contribution in [2.75, 3.05) is 11.4 Å². The number of hydrogen-bond acceptors (Lipinski definition) is 2. The number of aryl methyl sites for hydroxylation is 1. The molecular formula is C15H17F3N2O. The van der Waals surface area contributed by atoms with Crippen LogP contribution in [0.1, 0.15) is 30.4 Å². The molecule has 1 aromatic rings. The summed E-state index contributed by atoms with van der Waals surface area (Å²) in [6.07, 6.45) is -1.60. The van der Waals surface area contributed by atoms with Gasteiger partial charge in [0.1, 0.15) is 0 Å². The zero-order valence-corrected chi connectivity index (χ0v) is 11.7. The maximum Gasteiger partial charge on any atom is 0.416 e. The SMILES string of the molecule is Cc1ccc(N2CCC(NC3CC3)C2=O)cc1C(F)(F)F. The van der Waals surface area contributed by atoms with Crippen molar-refractivity contribution in [3.63, 3.8) is 0 Å². The minimum Gasteiger partial charge on any atom is -0.311 e. The van der Waals surface area contributed by atoms with Gasteiger partial charge in [-0.1, -0.05) is 6.07 Å². The van der Waals surface area contributed by atoms with Crippen molar-refractivity contribution in [1.82, 2.24) is 5.32 Å². The average Bonchev–Trinajstić information content (AvgIpc) is 3.14. The van der Waals surface area contributed by atoms with Crippen LogP contribution in [0.5, 0.6) is 0 Å². The molecule has 6 heteroatoms. The van der Waals surface area contributed by atoms with Crippen molar-refractivity contribution < 1.29 is 18.0 Å². The highest BCUT2D eigenvalue weighted by atomic mass is 19.4. The van der Waals surface area contributed by atoms with Crippen LogP contribution >= 0.6 is 0 Å². The van der Waals surface area contributed by atoms with Gasteiger partial charge in [-0.15, -0.1) is 0 Å². The lowest BCUT2D eigenvalue weighted by molar-refractivity contribution is -0.138. The second-order valence-electron chi connectivity index (χ2n) is 5.77. The van der Waals surface area contributed by atoms with E-state index in [9.17, 15) is 18.0 Å². The van der Waals surface area contributed by atoms with Gasteiger partial charge in [-0.2, -0.15) is 13.2 Å². The summed E-state index contributed by atoms with van der Waals surface area (Å²) in [6.45, 7) is 1.89. The number of benzene rings is 1. The Hall–Kier alpha value is -1.56. The first-order chi connectivity index (χ1) is 9.86. The zero-order valence-electron chi connectivity index (χ0n) is 11.7. The van der Waals surface area contributed by atoms with Crippen LogP contribution in [0.15, 0.2) is 18.2 Å². The average molecular weight is 298 g/mol. The molecule has 0 bridgehead atoms. The summed E-state index contributed by atoms with van der Waals surface area (Å²) in [4.78, 5) is 13.8. The van der Waals surface area contributed by atoms with Gasteiger partial charge >= 0.3 is 6.18 Å². The number of rotatable bonds is 3. The Morgan fingerprint density at radius 1 is 1.24 bits per heavy atom. The summed E-state index contributed by atoms with van der Waals surface area (Å²) >= 11 is 0. The summed E-state index contributed by atoms with van der Waals surface area (Å²) < 4.78 is 38.9. The first-order valence-corrected chi connectivity index (χ1v) is 7.11. The Kier molecular flexibility index (Phi) is 3.43. The molecule has 0 radical (unpaired) electrons. The van der Waals surface area contributed by atoms with Crippen LogP contribution in [0, 0.1) is 6.92 Å². The predicted molar refractivity (Wildman–Crippen MR) is 73.1 cm³/mol. The molecule has 1 amide bonds. The molecule has 21 heavy (non-hydrogen) atoms. The first kappa shape index (κ1) is 14.4. The van der Waals surface area contributed by atoms with Crippen molar-refractivity contribution in [2.45, 2.75) is 44.4 Å². The molecule has 3 rings (SSSR count). The van der Waals surface area contributed by atoms with Crippen LogP contribution in [-0.4, -0.2) is 24.5 Å². The van der Waals surface area contributed by atoms with Gasteiger partial charge in [-0.05, 0) is 43.9 Å². The van der Waals surface area contributed by atoms with Crippen molar-refractivity contribution in [3.05, 3.63) is 29.3 Å². The molecule has 114 valence electrons. The number of alkyl halides is 3. The Morgan fingerprint density at radius 3 is 2.57 bits per heavy atom. The van der Waals surface area contributed by atoms with E-state index < -0.39 is 11.7 Å².